The smallest absolute Gasteiger partial charge is 0.161 e. The van der Waals surface area contributed by atoms with Crippen LogP contribution in [0.4, 0.5) is 0 Å². The molecule has 2 N–H and O–H groups in total. The number of hydrogen-bond donors (Lipinski definition) is 2. The Bertz CT molecular complexity index is 368. The minimum absolute atomic E-state index is 0.103. The second-order valence-corrected chi connectivity index (χ2v) is 4.30. The first-order chi connectivity index (χ1) is 8.29. The summed E-state index contributed by atoms with van der Waals surface area (Å²) >= 11 is 0. The first kappa shape index (κ1) is 12.2. The summed E-state index contributed by atoms with van der Waals surface area (Å²) < 4.78 is 11.2. The van der Waals surface area contributed by atoms with E-state index >= 15 is 0 Å². The van der Waals surface area contributed by atoms with Gasteiger partial charge in [-0.3, -0.25) is 0 Å². The summed E-state index contributed by atoms with van der Waals surface area (Å²) in [5.74, 6) is 1.64. The van der Waals surface area contributed by atoms with Crippen LogP contribution in [0.3, 0.4) is 0 Å². The van der Waals surface area contributed by atoms with E-state index in [0.717, 1.165) is 30.0 Å². The van der Waals surface area contributed by atoms with Crippen LogP contribution in [-0.4, -0.2) is 31.0 Å². The van der Waals surface area contributed by atoms with Crippen LogP contribution in [0.5, 0.6) is 11.5 Å². The molecule has 0 spiro atoms. The van der Waals surface area contributed by atoms with Crippen molar-refractivity contribution in [3.63, 3.8) is 0 Å². The zero-order valence-electron chi connectivity index (χ0n) is 10.1. The first-order valence-corrected chi connectivity index (χ1v) is 6.02. The van der Waals surface area contributed by atoms with Crippen molar-refractivity contribution in [2.75, 3.05) is 19.8 Å². The molecule has 1 aromatic rings. The van der Waals surface area contributed by atoms with Gasteiger partial charge in [0.15, 0.2) is 11.5 Å². The van der Waals surface area contributed by atoms with E-state index in [1.165, 1.54) is 0 Å². The molecule has 0 aliphatic carbocycles. The van der Waals surface area contributed by atoms with Crippen LogP contribution in [0, 0.1) is 0 Å². The lowest BCUT2D eigenvalue weighted by Gasteiger charge is -2.12. The van der Waals surface area contributed by atoms with Crippen molar-refractivity contribution in [2.45, 2.75) is 25.9 Å². The lowest BCUT2D eigenvalue weighted by molar-refractivity contribution is 0.251. The van der Waals surface area contributed by atoms with E-state index < -0.39 is 0 Å². The van der Waals surface area contributed by atoms with Gasteiger partial charge in [0.05, 0.1) is 19.8 Å². The van der Waals surface area contributed by atoms with E-state index in [1.54, 1.807) is 0 Å². The van der Waals surface area contributed by atoms with Gasteiger partial charge in [0.1, 0.15) is 0 Å². The molecule has 0 unspecified atom stereocenters. The largest absolute Gasteiger partial charge is 0.490 e. The Kier molecular flexibility index (Phi) is 4.23. The van der Waals surface area contributed by atoms with Gasteiger partial charge in [-0.1, -0.05) is 6.07 Å². The van der Waals surface area contributed by atoms with Gasteiger partial charge in [0.25, 0.3) is 0 Å². The van der Waals surface area contributed by atoms with E-state index in [2.05, 4.69) is 5.32 Å². The monoisotopic (exact) mass is 237 g/mol. The Hall–Kier alpha value is -1.26. The number of benzene rings is 1. The maximum atomic E-state index is 8.93. The van der Waals surface area contributed by atoms with E-state index in [1.807, 2.05) is 25.1 Å². The molecule has 4 nitrogen and oxygen atoms in total. The molecule has 94 valence electrons. The van der Waals surface area contributed by atoms with Crippen LogP contribution in [-0.2, 0) is 6.54 Å². The van der Waals surface area contributed by atoms with E-state index in [9.17, 15) is 0 Å². The Morgan fingerprint density at radius 1 is 1.29 bits per heavy atom. The fourth-order valence-corrected chi connectivity index (χ4v) is 1.67. The molecule has 1 aromatic carbocycles. The summed E-state index contributed by atoms with van der Waals surface area (Å²) in [7, 11) is 0. The third-order valence-electron chi connectivity index (χ3n) is 2.74. The van der Waals surface area contributed by atoms with Gasteiger partial charge in [-0.2, -0.15) is 0 Å². The molecule has 17 heavy (non-hydrogen) atoms. The van der Waals surface area contributed by atoms with Crippen molar-refractivity contribution >= 4 is 0 Å². The summed E-state index contributed by atoms with van der Waals surface area (Å²) in [6, 6.07) is 6.06. The van der Waals surface area contributed by atoms with Crippen LogP contribution in [0.2, 0.25) is 0 Å². The first-order valence-electron chi connectivity index (χ1n) is 6.02. The number of rotatable bonds is 4. The molecular weight excluding hydrogens is 218 g/mol. The van der Waals surface area contributed by atoms with Crippen molar-refractivity contribution in [1.82, 2.24) is 5.32 Å². The summed E-state index contributed by atoms with van der Waals surface area (Å²) in [6.45, 7) is 4.23. The normalized spacial score (nSPS) is 16.4. The van der Waals surface area contributed by atoms with E-state index in [-0.39, 0.29) is 12.6 Å². The molecule has 0 saturated heterocycles. The molecule has 0 saturated carbocycles. The van der Waals surface area contributed by atoms with Gasteiger partial charge in [-0.05, 0) is 24.6 Å². The maximum Gasteiger partial charge on any atom is 0.161 e. The van der Waals surface area contributed by atoms with Gasteiger partial charge in [-0.25, -0.2) is 0 Å². The molecule has 0 fully saturated rings. The SMILES string of the molecule is C[C@H](CO)NCc1ccc2c(c1)OCCCO2. The molecule has 1 heterocycles. The molecule has 1 atom stereocenters. The van der Waals surface area contributed by atoms with Crippen molar-refractivity contribution in [2.24, 2.45) is 0 Å². The van der Waals surface area contributed by atoms with Crippen molar-refractivity contribution < 1.29 is 14.6 Å². The van der Waals surface area contributed by atoms with Crippen LogP contribution in [0.15, 0.2) is 18.2 Å². The van der Waals surface area contributed by atoms with Gasteiger partial charge in [0, 0.05) is 19.0 Å². The molecule has 1 aliphatic heterocycles. The predicted molar refractivity (Wildman–Crippen MR) is 65.4 cm³/mol. The summed E-state index contributed by atoms with van der Waals surface area (Å²) in [5.41, 5.74) is 1.13. The Morgan fingerprint density at radius 2 is 2.06 bits per heavy atom. The van der Waals surface area contributed by atoms with Crippen molar-refractivity contribution in [1.29, 1.82) is 0 Å². The molecular formula is C13H19NO3. The highest BCUT2D eigenvalue weighted by Gasteiger charge is 2.10. The second kappa shape index (κ2) is 5.89. The highest BCUT2D eigenvalue weighted by atomic mass is 16.5. The number of nitrogens with one attached hydrogen (secondary N) is 1. The number of aliphatic hydroxyl groups is 1. The summed E-state index contributed by atoms with van der Waals surface area (Å²) in [5, 5.41) is 12.2. The Labute approximate surface area is 102 Å². The van der Waals surface area contributed by atoms with Crippen LogP contribution < -0.4 is 14.8 Å². The average Bonchev–Trinajstić information content (AvgIpc) is 2.60. The molecule has 0 radical (unpaired) electrons. The average molecular weight is 237 g/mol. The third-order valence-corrected chi connectivity index (χ3v) is 2.74. The quantitative estimate of drug-likeness (QED) is 0.829. The number of aliphatic hydroxyl groups excluding tert-OH is 1. The minimum atomic E-state index is 0.103. The number of ether oxygens (including phenoxy) is 2. The van der Waals surface area contributed by atoms with Crippen LogP contribution in [0.1, 0.15) is 18.9 Å². The van der Waals surface area contributed by atoms with Gasteiger partial charge < -0.3 is 19.9 Å². The second-order valence-electron chi connectivity index (χ2n) is 4.30. The Balaban J connectivity index is 2.02. The van der Waals surface area contributed by atoms with Gasteiger partial charge in [-0.15, -0.1) is 0 Å². The lowest BCUT2D eigenvalue weighted by atomic mass is 10.2. The highest BCUT2D eigenvalue weighted by Crippen LogP contribution is 2.30. The maximum absolute atomic E-state index is 8.93. The zero-order valence-corrected chi connectivity index (χ0v) is 10.1. The molecule has 0 amide bonds. The molecule has 1 aliphatic rings. The molecule has 4 heteroatoms. The third kappa shape index (κ3) is 3.35. The fourth-order valence-electron chi connectivity index (χ4n) is 1.67. The minimum Gasteiger partial charge on any atom is -0.490 e. The predicted octanol–water partition coefficient (Wildman–Crippen LogP) is 1.32. The number of hydrogen-bond acceptors (Lipinski definition) is 4. The van der Waals surface area contributed by atoms with Crippen molar-refractivity contribution in [3.8, 4) is 11.5 Å². The Morgan fingerprint density at radius 3 is 2.82 bits per heavy atom. The zero-order chi connectivity index (χ0) is 12.1. The molecule has 2 rings (SSSR count). The van der Waals surface area contributed by atoms with Crippen LogP contribution in [0.25, 0.3) is 0 Å². The van der Waals surface area contributed by atoms with Crippen LogP contribution >= 0.6 is 0 Å². The lowest BCUT2D eigenvalue weighted by Crippen LogP contribution is -2.28. The molecule has 0 bridgehead atoms. The number of fused-ring (bicyclic) bond motifs is 1. The highest BCUT2D eigenvalue weighted by molar-refractivity contribution is 5.43. The van der Waals surface area contributed by atoms with E-state index in [4.69, 9.17) is 14.6 Å². The van der Waals surface area contributed by atoms with Gasteiger partial charge >= 0.3 is 0 Å². The van der Waals surface area contributed by atoms with Crippen molar-refractivity contribution in [3.05, 3.63) is 23.8 Å². The summed E-state index contributed by atoms with van der Waals surface area (Å²) in [4.78, 5) is 0. The van der Waals surface area contributed by atoms with E-state index in [0.29, 0.717) is 13.2 Å². The summed E-state index contributed by atoms with van der Waals surface area (Å²) in [6.07, 6.45) is 0.920. The fraction of sp³-hybridized carbons (Fsp3) is 0.538. The molecule has 0 aromatic heterocycles. The van der Waals surface area contributed by atoms with Gasteiger partial charge in [0.2, 0.25) is 0 Å². The topological polar surface area (TPSA) is 50.7 Å². The standard InChI is InChI=1S/C13H19NO3/c1-10(9-15)14-8-11-3-4-12-13(7-11)17-6-2-5-16-12/h3-4,7,10,14-15H,2,5-6,8-9H2,1H3/t10-/m1/s1.